The summed E-state index contributed by atoms with van der Waals surface area (Å²) < 4.78 is 0. The van der Waals surface area contributed by atoms with E-state index in [1.807, 2.05) is 0 Å². The Morgan fingerprint density at radius 3 is 2.67 bits per heavy atom. The van der Waals surface area contributed by atoms with Gasteiger partial charge in [-0.25, -0.2) is 4.98 Å². The molecule has 0 unspecified atom stereocenters. The Kier molecular flexibility index (Phi) is 3.38. The van der Waals surface area contributed by atoms with Crippen molar-refractivity contribution in [2.75, 3.05) is 18.0 Å². The Morgan fingerprint density at radius 2 is 2.07 bits per heavy atom. The third-order valence-corrected chi connectivity index (χ3v) is 4.09. The molecule has 4 heteroatoms. The van der Waals surface area contributed by atoms with Crippen molar-refractivity contribution in [1.29, 1.82) is 0 Å². The van der Waals surface area contributed by atoms with Crippen LogP contribution in [0.1, 0.15) is 13.8 Å². The number of anilines is 1. The molecule has 0 aliphatic carbocycles. The number of rotatable bonds is 4. The largest absolute Gasteiger partial charge is 0.349 e. The Bertz CT molecular complexity index is 402. The molecule has 2 aromatic heterocycles. The highest BCUT2D eigenvalue weighted by molar-refractivity contribution is 7.15. The maximum absolute atomic E-state index is 4.65. The van der Waals surface area contributed by atoms with Gasteiger partial charge in [-0.1, -0.05) is 6.07 Å². The number of aromatic nitrogens is 1. The van der Waals surface area contributed by atoms with E-state index in [1.165, 1.54) is 4.88 Å². The van der Waals surface area contributed by atoms with Crippen molar-refractivity contribution in [3.63, 3.8) is 0 Å². The van der Waals surface area contributed by atoms with Crippen molar-refractivity contribution >= 4 is 27.8 Å². The molecule has 0 saturated carbocycles. The van der Waals surface area contributed by atoms with E-state index in [0.29, 0.717) is 0 Å². The van der Waals surface area contributed by atoms with Gasteiger partial charge in [0.15, 0.2) is 5.13 Å². The highest BCUT2D eigenvalue weighted by Gasteiger charge is 2.09. The van der Waals surface area contributed by atoms with Gasteiger partial charge in [-0.2, -0.15) is 0 Å². The number of thiophene rings is 1. The van der Waals surface area contributed by atoms with Gasteiger partial charge < -0.3 is 4.90 Å². The molecule has 2 aromatic rings. The monoisotopic (exact) mass is 238 g/mol. The van der Waals surface area contributed by atoms with Gasteiger partial charge in [-0.05, 0) is 25.3 Å². The van der Waals surface area contributed by atoms with Crippen LogP contribution < -0.4 is 4.90 Å². The smallest absolute Gasteiger partial charge is 0.185 e. The molecule has 0 fully saturated rings. The number of nitrogens with zero attached hydrogens (tertiary/aromatic N) is 2. The Morgan fingerprint density at radius 1 is 1.27 bits per heavy atom. The number of hydrogen-bond donors (Lipinski definition) is 0. The van der Waals surface area contributed by atoms with Gasteiger partial charge in [0.1, 0.15) is 0 Å². The third kappa shape index (κ3) is 2.21. The van der Waals surface area contributed by atoms with Crippen LogP contribution in [0.25, 0.3) is 10.6 Å². The van der Waals surface area contributed by atoms with Gasteiger partial charge in [0.25, 0.3) is 0 Å². The molecule has 80 valence electrons. The summed E-state index contributed by atoms with van der Waals surface area (Å²) in [6.07, 6.45) is 0. The molecule has 0 aromatic carbocycles. The lowest BCUT2D eigenvalue weighted by Crippen LogP contribution is -2.21. The summed E-state index contributed by atoms with van der Waals surface area (Å²) in [5.41, 5.74) is 1.11. The molecular weight excluding hydrogens is 224 g/mol. The van der Waals surface area contributed by atoms with E-state index >= 15 is 0 Å². The van der Waals surface area contributed by atoms with Crippen LogP contribution in [0.4, 0.5) is 5.13 Å². The summed E-state index contributed by atoms with van der Waals surface area (Å²) in [4.78, 5) is 8.18. The summed E-state index contributed by atoms with van der Waals surface area (Å²) in [5, 5.41) is 5.36. The lowest BCUT2D eigenvalue weighted by Gasteiger charge is -2.16. The molecule has 0 spiro atoms. The van der Waals surface area contributed by atoms with Crippen LogP contribution in [0, 0.1) is 0 Å². The van der Waals surface area contributed by atoms with Crippen molar-refractivity contribution in [2.24, 2.45) is 0 Å². The Labute approximate surface area is 98.2 Å². The molecular formula is C11H14N2S2. The molecule has 0 aliphatic heterocycles. The Hall–Kier alpha value is -0.870. The third-order valence-electron chi connectivity index (χ3n) is 2.30. The van der Waals surface area contributed by atoms with Crippen LogP contribution in [-0.4, -0.2) is 18.1 Å². The van der Waals surface area contributed by atoms with E-state index < -0.39 is 0 Å². The van der Waals surface area contributed by atoms with E-state index in [1.54, 1.807) is 22.7 Å². The van der Waals surface area contributed by atoms with Gasteiger partial charge >= 0.3 is 0 Å². The van der Waals surface area contributed by atoms with E-state index in [9.17, 15) is 0 Å². The summed E-state index contributed by atoms with van der Waals surface area (Å²) in [6, 6.07) is 4.18. The van der Waals surface area contributed by atoms with Gasteiger partial charge in [0.05, 0.1) is 10.6 Å². The summed E-state index contributed by atoms with van der Waals surface area (Å²) in [5.74, 6) is 0. The van der Waals surface area contributed by atoms with E-state index in [2.05, 4.69) is 46.6 Å². The molecule has 2 rings (SSSR count). The van der Waals surface area contributed by atoms with Crippen LogP contribution >= 0.6 is 22.7 Å². The van der Waals surface area contributed by atoms with Crippen molar-refractivity contribution in [3.8, 4) is 10.6 Å². The van der Waals surface area contributed by atoms with E-state index in [-0.39, 0.29) is 0 Å². The second kappa shape index (κ2) is 4.77. The maximum atomic E-state index is 4.65. The average molecular weight is 238 g/mol. The molecule has 0 aliphatic rings. The highest BCUT2D eigenvalue weighted by atomic mass is 32.1. The average Bonchev–Trinajstić information content (AvgIpc) is 2.89. The Balaban J connectivity index is 2.24. The molecule has 0 N–H and O–H groups in total. The summed E-state index contributed by atoms with van der Waals surface area (Å²) in [7, 11) is 0. The van der Waals surface area contributed by atoms with E-state index in [0.717, 1.165) is 23.9 Å². The van der Waals surface area contributed by atoms with Gasteiger partial charge in [-0.3, -0.25) is 0 Å². The molecule has 0 bridgehead atoms. The molecule has 2 nitrogen and oxygen atoms in total. The second-order valence-electron chi connectivity index (χ2n) is 3.16. The molecule has 15 heavy (non-hydrogen) atoms. The highest BCUT2D eigenvalue weighted by Crippen LogP contribution is 2.29. The lowest BCUT2D eigenvalue weighted by atomic mass is 10.4. The predicted octanol–water partition coefficient (Wildman–Crippen LogP) is 3.72. The predicted molar refractivity (Wildman–Crippen MR) is 69.0 cm³/mol. The minimum absolute atomic E-state index is 1.02. The SMILES string of the molecule is CCN(CC)c1nc(-c2cccs2)cs1. The molecule has 0 amide bonds. The van der Waals surface area contributed by atoms with Crippen LogP contribution in [0.3, 0.4) is 0 Å². The number of thiazole rings is 1. The number of hydrogen-bond acceptors (Lipinski definition) is 4. The van der Waals surface area contributed by atoms with Gasteiger partial charge in [0, 0.05) is 18.5 Å². The van der Waals surface area contributed by atoms with Crippen LogP contribution in [0.2, 0.25) is 0 Å². The summed E-state index contributed by atoms with van der Waals surface area (Å²) in [6.45, 7) is 6.37. The van der Waals surface area contributed by atoms with Gasteiger partial charge in [0.2, 0.25) is 0 Å². The summed E-state index contributed by atoms with van der Waals surface area (Å²) >= 11 is 3.47. The van der Waals surface area contributed by atoms with Crippen LogP contribution in [0.5, 0.6) is 0 Å². The standard InChI is InChI=1S/C11H14N2S2/c1-3-13(4-2)11-12-9(8-15-11)10-6-5-7-14-10/h5-8H,3-4H2,1-2H3. The zero-order valence-electron chi connectivity index (χ0n) is 8.93. The quantitative estimate of drug-likeness (QED) is 0.807. The van der Waals surface area contributed by atoms with Gasteiger partial charge in [-0.15, -0.1) is 22.7 Å². The first kappa shape index (κ1) is 10.6. The topological polar surface area (TPSA) is 16.1 Å². The van der Waals surface area contributed by atoms with Crippen molar-refractivity contribution < 1.29 is 0 Å². The second-order valence-corrected chi connectivity index (χ2v) is 4.95. The molecule has 0 saturated heterocycles. The van der Waals surface area contributed by atoms with Crippen molar-refractivity contribution in [3.05, 3.63) is 22.9 Å². The minimum Gasteiger partial charge on any atom is -0.349 e. The fraction of sp³-hybridized carbons (Fsp3) is 0.364. The van der Waals surface area contributed by atoms with Crippen molar-refractivity contribution in [1.82, 2.24) is 4.98 Å². The zero-order valence-corrected chi connectivity index (χ0v) is 10.6. The first-order chi connectivity index (χ1) is 7.35. The van der Waals surface area contributed by atoms with Crippen LogP contribution in [-0.2, 0) is 0 Å². The first-order valence-corrected chi connectivity index (χ1v) is 6.85. The minimum atomic E-state index is 1.02. The lowest BCUT2D eigenvalue weighted by molar-refractivity contribution is 0.860. The zero-order chi connectivity index (χ0) is 10.7. The van der Waals surface area contributed by atoms with Crippen LogP contribution in [0.15, 0.2) is 22.9 Å². The maximum Gasteiger partial charge on any atom is 0.185 e. The van der Waals surface area contributed by atoms with E-state index in [4.69, 9.17) is 0 Å². The fourth-order valence-electron chi connectivity index (χ4n) is 1.44. The molecule has 0 atom stereocenters. The van der Waals surface area contributed by atoms with Crippen molar-refractivity contribution in [2.45, 2.75) is 13.8 Å². The molecule has 0 radical (unpaired) electrons. The molecule has 2 heterocycles. The normalized spacial score (nSPS) is 10.5. The fourth-order valence-corrected chi connectivity index (χ4v) is 3.16. The first-order valence-electron chi connectivity index (χ1n) is 5.09.